The summed E-state index contributed by atoms with van der Waals surface area (Å²) < 4.78 is 0. The summed E-state index contributed by atoms with van der Waals surface area (Å²) in [4.78, 5) is 35.9. The molecule has 2 amide bonds. The number of hydrogen-bond acceptors (Lipinski definition) is 4. The molecule has 0 unspecified atom stereocenters. The van der Waals surface area contributed by atoms with E-state index < -0.39 is 12.0 Å². The fourth-order valence-corrected chi connectivity index (χ4v) is 2.79. The number of rotatable bonds is 12. The van der Waals surface area contributed by atoms with Gasteiger partial charge in [0.1, 0.15) is 6.04 Å². The maximum absolute atomic E-state index is 12.1. The van der Waals surface area contributed by atoms with Gasteiger partial charge in [0.05, 0.1) is 38.6 Å². The highest BCUT2D eigenvalue weighted by atomic mass is 16.4. The van der Waals surface area contributed by atoms with Crippen LogP contribution in [0.1, 0.15) is 33.6 Å². The first kappa shape index (κ1) is 22.6. The summed E-state index contributed by atoms with van der Waals surface area (Å²) in [7, 11) is 0. The molecule has 0 heterocycles. The molecule has 0 aliphatic rings. The van der Waals surface area contributed by atoms with Gasteiger partial charge in [0.25, 0.3) is 0 Å². The topological polar surface area (TPSA) is 119 Å². The highest BCUT2D eigenvalue weighted by Gasteiger charge is 2.18. The first-order valence-electron chi connectivity index (χ1n) is 9.40. The van der Waals surface area contributed by atoms with Gasteiger partial charge in [0, 0.05) is 24.7 Å². The number of carbonyl (C=O) groups is 3. The molecule has 1 atom stereocenters. The Bertz CT molecular complexity index is 615. The second-order valence-electron chi connectivity index (χ2n) is 6.52. The maximum atomic E-state index is 12.1. The number of hydrogen-bond donors (Lipinski definition) is 4. The quantitative estimate of drug-likeness (QED) is 0.313. The van der Waals surface area contributed by atoms with Crippen molar-refractivity contribution in [3.05, 3.63) is 24.3 Å². The number of quaternary nitrogens is 2. The number of carboxylic acids is 1. The molecule has 8 nitrogen and oxygen atoms in total. The fourth-order valence-electron chi connectivity index (χ4n) is 2.79. The normalized spacial score (nSPS) is 11.9. The van der Waals surface area contributed by atoms with Crippen LogP contribution in [0.25, 0.3) is 0 Å². The Morgan fingerprint density at radius 3 is 2.11 bits per heavy atom. The first-order valence-corrected chi connectivity index (χ1v) is 9.40. The van der Waals surface area contributed by atoms with Crippen molar-refractivity contribution in [3.8, 4) is 0 Å². The average molecular weight is 379 g/mol. The third kappa shape index (κ3) is 9.16. The molecule has 0 aliphatic carbocycles. The molecule has 0 saturated carbocycles. The maximum Gasteiger partial charge on any atom is 0.230 e. The number of carboxylic acid groups (broad SMARTS) is 1. The Labute approximate surface area is 160 Å². The summed E-state index contributed by atoms with van der Waals surface area (Å²) in [6, 6.07) is 5.71. The van der Waals surface area contributed by atoms with Crippen molar-refractivity contribution in [2.75, 3.05) is 36.8 Å². The molecule has 1 aromatic carbocycles. The van der Waals surface area contributed by atoms with E-state index in [-0.39, 0.29) is 18.2 Å². The minimum absolute atomic E-state index is 0.159. The molecular formula is C19H31N4O4+. The molecule has 0 spiro atoms. The number of aliphatic carboxylic acids is 1. The van der Waals surface area contributed by atoms with Crippen LogP contribution < -0.4 is 26.0 Å². The van der Waals surface area contributed by atoms with Crippen LogP contribution in [0.3, 0.4) is 0 Å². The summed E-state index contributed by atoms with van der Waals surface area (Å²) in [5.41, 5.74) is 1.16. The Hall–Kier alpha value is -2.45. The van der Waals surface area contributed by atoms with E-state index >= 15 is 0 Å². The molecule has 0 aromatic heterocycles. The van der Waals surface area contributed by atoms with Crippen LogP contribution in [0.15, 0.2) is 24.3 Å². The SMILES string of the molecule is CC[NH+](CC)CCC[NH2+][C@@H](CC(=O)Nc1ccc(NC(C)=O)cc1)C(=O)[O-]. The lowest BCUT2D eigenvalue weighted by atomic mass is 10.2. The van der Waals surface area contributed by atoms with Crippen molar-refractivity contribution < 1.29 is 29.7 Å². The highest BCUT2D eigenvalue weighted by Crippen LogP contribution is 2.13. The van der Waals surface area contributed by atoms with Crippen LogP contribution >= 0.6 is 0 Å². The Morgan fingerprint density at radius 1 is 1.07 bits per heavy atom. The van der Waals surface area contributed by atoms with E-state index in [2.05, 4.69) is 24.5 Å². The summed E-state index contributed by atoms with van der Waals surface area (Å²) in [5, 5.41) is 18.3. The number of benzene rings is 1. The van der Waals surface area contributed by atoms with Gasteiger partial charge in [-0.3, -0.25) is 9.59 Å². The van der Waals surface area contributed by atoms with E-state index in [1.807, 2.05) is 0 Å². The molecule has 1 aromatic rings. The van der Waals surface area contributed by atoms with Crippen LogP contribution in [-0.4, -0.2) is 50.0 Å². The second-order valence-corrected chi connectivity index (χ2v) is 6.52. The number of anilines is 2. The van der Waals surface area contributed by atoms with Gasteiger partial charge < -0.3 is 30.8 Å². The van der Waals surface area contributed by atoms with Crippen molar-refractivity contribution in [1.82, 2.24) is 0 Å². The standard InChI is InChI=1S/C19H30N4O4/c1-4-23(5-2)12-6-11-20-17(19(26)27)13-18(25)22-16-9-7-15(8-10-16)21-14(3)24/h7-10,17,20H,4-6,11-13H2,1-3H3,(H,21,24)(H,22,25)(H,26,27)/p+1/t17-/m0/s1. The van der Waals surface area contributed by atoms with E-state index in [0.717, 1.165) is 26.1 Å². The Morgan fingerprint density at radius 2 is 1.63 bits per heavy atom. The van der Waals surface area contributed by atoms with Crippen LogP contribution in [0.5, 0.6) is 0 Å². The fraction of sp³-hybridized carbons (Fsp3) is 0.526. The Balaban J connectivity index is 2.46. The Kier molecular flexibility index (Phi) is 10.1. The third-order valence-electron chi connectivity index (χ3n) is 4.38. The van der Waals surface area contributed by atoms with Crippen LogP contribution in [-0.2, 0) is 14.4 Å². The first-order chi connectivity index (χ1) is 12.8. The van der Waals surface area contributed by atoms with Crippen molar-refractivity contribution in [3.63, 3.8) is 0 Å². The van der Waals surface area contributed by atoms with Crippen LogP contribution in [0.4, 0.5) is 11.4 Å². The van der Waals surface area contributed by atoms with Gasteiger partial charge in [-0.25, -0.2) is 0 Å². The molecular weight excluding hydrogens is 348 g/mol. The molecule has 0 radical (unpaired) electrons. The van der Waals surface area contributed by atoms with Gasteiger partial charge in [-0.1, -0.05) is 0 Å². The molecule has 0 fully saturated rings. The largest absolute Gasteiger partial charge is 0.544 e. The van der Waals surface area contributed by atoms with Gasteiger partial charge in [0.15, 0.2) is 0 Å². The smallest absolute Gasteiger partial charge is 0.230 e. The minimum atomic E-state index is -1.23. The molecule has 8 heteroatoms. The second kappa shape index (κ2) is 12.0. The molecule has 0 aliphatic heterocycles. The lowest BCUT2D eigenvalue weighted by Gasteiger charge is -2.18. The molecule has 5 N–H and O–H groups in total. The lowest BCUT2D eigenvalue weighted by molar-refractivity contribution is -0.898. The summed E-state index contributed by atoms with van der Waals surface area (Å²) in [6.45, 7) is 9.37. The van der Waals surface area contributed by atoms with E-state index in [1.165, 1.54) is 11.8 Å². The predicted octanol–water partition coefficient (Wildman–Crippen LogP) is -2.03. The zero-order valence-electron chi connectivity index (χ0n) is 16.3. The van der Waals surface area contributed by atoms with Gasteiger partial charge in [-0.15, -0.1) is 0 Å². The van der Waals surface area contributed by atoms with Crippen LogP contribution in [0, 0.1) is 0 Å². The molecule has 150 valence electrons. The van der Waals surface area contributed by atoms with Crippen molar-refractivity contribution >= 4 is 29.2 Å². The number of nitrogens with one attached hydrogen (secondary N) is 3. The number of carbonyl (C=O) groups excluding carboxylic acids is 3. The van der Waals surface area contributed by atoms with E-state index in [4.69, 9.17) is 0 Å². The zero-order chi connectivity index (χ0) is 20.2. The monoisotopic (exact) mass is 379 g/mol. The molecule has 1 rings (SSSR count). The van der Waals surface area contributed by atoms with Crippen molar-refractivity contribution in [2.45, 2.75) is 39.7 Å². The summed E-state index contributed by atoms with van der Waals surface area (Å²) in [5.74, 6) is -1.80. The molecule has 0 saturated heterocycles. The van der Waals surface area contributed by atoms with Gasteiger partial charge in [-0.2, -0.15) is 0 Å². The number of amides is 2. The molecule has 27 heavy (non-hydrogen) atoms. The molecule has 0 bridgehead atoms. The van der Waals surface area contributed by atoms with Gasteiger partial charge >= 0.3 is 0 Å². The average Bonchev–Trinajstić information content (AvgIpc) is 2.62. The van der Waals surface area contributed by atoms with Crippen LogP contribution in [0.2, 0.25) is 0 Å². The van der Waals surface area contributed by atoms with E-state index in [0.29, 0.717) is 17.9 Å². The van der Waals surface area contributed by atoms with Gasteiger partial charge in [0.2, 0.25) is 11.8 Å². The zero-order valence-corrected chi connectivity index (χ0v) is 16.3. The van der Waals surface area contributed by atoms with Crippen molar-refractivity contribution in [2.24, 2.45) is 0 Å². The van der Waals surface area contributed by atoms with E-state index in [9.17, 15) is 19.5 Å². The van der Waals surface area contributed by atoms with Gasteiger partial charge in [-0.05, 0) is 38.1 Å². The predicted molar refractivity (Wildman–Crippen MR) is 101 cm³/mol. The minimum Gasteiger partial charge on any atom is -0.544 e. The number of nitrogens with two attached hydrogens (primary N) is 1. The lowest BCUT2D eigenvalue weighted by Crippen LogP contribution is -3.11. The van der Waals surface area contributed by atoms with E-state index in [1.54, 1.807) is 29.6 Å². The summed E-state index contributed by atoms with van der Waals surface area (Å²) in [6.07, 6.45) is 0.723. The highest BCUT2D eigenvalue weighted by molar-refractivity contribution is 5.94. The summed E-state index contributed by atoms with van der Waals surface area (Å²) >= 11 is 0. The van der Waals surface area contributed by atoms with Crippen molar-refractivity contribution in [1.29, 1.82) is 0 Å². The third-order valence-corrected chi connectivity index (χ3v) is 4.38.